The van der Waals surface area contributed by atoms with E-state index in [4.69, 9.17) is 16.7 Å². The predicted octanol–water partition coefficient (Wildman–Crippen LogP) is 3.37. The van der Waals surface area contributed by atoms with Crippen LogP contribution in [-0.4, -0.2) is 56.7 Å². The maximum absolute atomic E-state index is 14.7. The quantitative estimate of drug-likeness (QED) is 0.586. The molecule has 1 heterocycles. The van der Waals surface area contributed by atoms with Gasteiger partial charge in [0.25, 0.3) is 10.0 Å². The second-order valence-electron chi connectivity index (χ2n) is 7.40. The van der Waals surface area contributed by atoms with Crippen molar-refractivity contribution in [3.8, 4) is 0 Å². The minimum atomic E-state index is -4.30. The molecule has 3 rings (SSSR count). The zero-order valence-electron chi connectivity index (χ0n) is 17.2. The molecule has 0 bridgehead atoms. The number of carbonyl (C=O) groups is 1. The Kier molecular flexibility index (Phi) is 7.91. The highest BCUT2D eigenvalue weighted by atomic mass is 35.5. The minimum Gasteiger partial charge on any atom is -0.396 e. The smallest absolute Gasteiger partial charge is 0.317 e. The number of sulfonamides is 1. The van der Waals surface area contributed by atoms with Gasteiger partial charge in [0.05, 0.1) is 16.6 Å². The van der Waals surface area contributed by atoms with Gasteiger partial charge in [-0.3, -0.25) is 4.31 Å². The first-order valence-corrected chi connectivity index (χ1v) is 11.9. The first-order valence-electron chi connectivity index (χ1n) is 10.1. The number of urea groups is 1. The van der Waals surface area contributed by atoms with Crippen molar-refractivity contribution in [3.05, 3.63) is 59.1 Å². The Balaban J connectivity index is 1.98. The van der Waals surface area contributed by atoms with Crippen LogP contribution < -0.4 is 9.62 Å². The number of nitrogens with zero attached hydrogens (tertiary/aromatic N) is 2. The Bertz CT molecular complexity index is 1050. The van der Waals surface area contributed by atoms with Crippen molar-refractivity contribution in [1.82, 2.24) is 10.2 Å². The molecule has 7 nitrogen and oxygen atoms in total. The number of rotatable bonds is 7. The van der Waals surface area contributed by atoms with Crippen LogP contribution >= 0.6 is 11.6 Å². The molecule has 2 amide bonds. The van der Waals surface area contributed by atoms with Crippen LogP contribution in [0.5, 0.6) is 0 Å². The molecule has 1 saturated heterocycles. The lowest BCUT2D eigenvalue weighted by atomic mass is 10.1. The largest absolute Gasteiger partial charge is 0.396 e. The number of benzene rings is 2. The number of hydrogen-bond donors (Lipinski definition) is 2. The average Bonchev–Trinajstić information content (AvgIpc) is 2.77. The van der Waals surface area contributed by atoms with Crippen molar-refractivity contribution in [1.29, 1.82) is 0 Å². The van der Waals surface area contributed by atoms with E-state index >= 15 is 0 Å². The summed E-state index contributed by atoms with van der Waals surface area (Å²) in [5.41, 5.74) is -0.424. The zero-order valence-corrected chi connectivity index (χ0v) is 18.7. The predicted molar refractivity (Wildman–Crippen MR) is 117 cm³/mol. The van der Waals surface area contributed by atoms with Crippen LogP contribution in [0.2, 0.25) is 5.02 Å². The fourth-order valence-electron chi connectivity index (χ4n) is 3.61. The number of hydrogen-bond acceptors (Lipinski definition) is 4. The molecule has 1 fully saturated rings. The fourth-order valence-corrected chi connectivity index (χ4v) is 5.41. The van der Waals surface area contributed by atoms with Crippen molar-refractivity contribution < 1.29 is 27.1 Å². The standard InChI is InChI=1S/C21H24ClF2N3O4S/c22-15-4-7-18(8-5-15)32(30,31)27(20-13-16(23)6-9-19(20)24)17-3-1-11-26(14-17)21(29)25-10-2-12-28/h4-9,13,17,28H,1-3,10-12,14H2,(H,25,29). The van der Waals surface area contributed by atoms with Gasteiger partial charge in [0, 0.05) is 37.3 Å². The van der Waals surface area contributed by atoms with Gasteiger partial charge in [-0.2, -0.15) is 0 Å². The molecule has 0 saturated carbocycles. The molecule has 1 unspecified atom stereocenters. The summed E-state index contributed by atoms with van der Waals surface area (Å²) in [4.78, 5) is 13.8. The zero-order chi connectivity index (χ0) is 23.3. The topological polar surface area (TPSA) is 89.9 Å². The second kappa shape index (κ2) is 10.5. The van der Waals surface area contributed by atoms with Crippen molar-refractivity contribution >= 4 is 33.3 Å². The molecular weight excluding hydrogens is 464 g/mol. The number of aliphatic hydroxyl groups excluding tert-OH is 1. The van der Waals surface area contributed by atoms with Crippen molar-refractivity contribution in [2.45, 2.75) is 30.2 Å². The molecule has 1 aliphatic rings. The normalized spacial score (nSPS) is 16.6. The maximum Gasteiger partial charge on any atom is 0.317 e. The lowest BCUT2D eigenvalue weighted by Crippen LogP contribution is -2.54. The van der Waals surface area contributed by atoms with E-state index in [2.05, 4.69) is 5.32 Å². The first kappa shape index (κ1) is 24.2. The number of amides is 2. The van der Waals surface area contributed by atoms with Crippen LogP contribution in [0.4, 0.5) is 19.3 Å². The van der Waals surface area contributed by atoms with Crippen LogP contribution in [0.3, 0.4) is 0 Å². The third-order valence-corrected chi connectivity index (χ3v) is 7.28. The average molecular weight is 488 g/mol. The molecule has 0 radical (unpaired) electrons. The summed E-state index contributed by atoms with van der Waals surface area (Å²) in [7, 11) is -4.30. The van der Waals surface area contributed by atoms with Crippen LogP contribution in [0.1, 0.15) is 19.3 Å². The lowest BCUT2D eigenvalue weighted by molar-refractivity contribution is 0.179. The Labute approximate surface area is 190 Å². The molecule has 0 aromatic heterocycles. The summed E-state index contributed by atoms with van der Waals surface area (Å²) >= 11 is 5.87. The van der Waals surface area contributed by atoms with Crippen LogP contribution in [0.15, 0.2) is 47.4 Å². The van der Waals surface area contributed by atoms with E-state index in [9.17, 15) is 22.0 Å². The molecule has 1 atom stereocenters. The Morgan fingerprint density at radius 3 is 2.62 bits per heavy atom. The molecule has 0 aliphatic carbocycles. The molecule has 11 heteroatoms. The molecule has 2 N–H and O–H groups in total. The maximum atomic E-state index is 14.7. The van der Waals surface area contributed by atoms with Crippen molar-refractivity contribution in [2.75, 3.05) is 30.5 Å². The summed E-state index contributed by atoms with van der Waals surface area (Å²) in [6, 6.07) is 6.78. The van der Waals surface area contributed by atoms with Gasteiger partial charge < -0.3 is 15.3 Å². The summed E-state index contributed by atoms with van der Waals surface area (Å²) < 4.78 is 56.7. The van der Waals surface area contributed by atoms with Gasteiger partial charge in [0.15, 0.2) is 0 Å². The molecule has 174 valence electrons. The van der Waals surface area contributed by atoms with Gasteiger partial charge in [0.2, 0.25) is 0 Å². The third-order valence-electron chi connectivity index (χ3n) is 5.14. The number of piperidine rings is 1. The fraction of sp³-hybridized carbons (Fsp3) is 0.381. The van der Waals surface area contributed by atoms with Crippen LogP contribution in [-0.2, 0) is 10.0 Å². The Morgan fingerprint density at radius 2 is 1.94 bits per heavy atom. The third kappa shape index (κ3) is 5.48. The summed E-state index contributed by atoms with van der Waals surface area (Å²) in [5, 5.41) is 11.9. The second-order valence-corrected chi connectivity index (χ2v) is 9.65. The number of aliphatic hydroxyl groups is 1. The Hall–Kier alpha value is -2.43. The van der Waals surface area contributed by atoms with Crippen molar-refractivity contribution in [3.63, 3.8) is 0 Å². The Morgan fingerprint density at radius 1 is 1.22 bits per heavy atom. The monoisotopic (exact) mass is 487 g/mol. The lowest BCUT2D eigenvalue weighted by Gasteiger charge is -2.39. The van der Waals surface area contributed by atoms with E-state index < -0.39 is 39.4 Å². The SMILES string of the molecule is O=C(NCCCO)N1CCCC(N(c2cc(F)ccc2F)S(=O)(=O)c2ccc(Cl)cc2)C1. The highest BCUT2D eigenvalue weighted by Gasteiger charge is 2.37. The van der Waals surface area contributed by atoms with Gasteiger partial charge in [-0.1, -0.05) is 11.6 Å². The summed E-state index contributed by atoms with van der Waals surface area (Å²) in [6.07, 6.45) is 1.21. The number of halogens is 3. The van der Waals surface area contributed by atoms with Crippen molar-refractivity contribution in [2.24, 2.45) is 0 Å². The highest BCUT2D eigenvalue weighted by Crippen LogP contribution is 2.32. The van der Waals surface area contributed by atoms with Crippen LogP contribution in [0.25, 0.3) is 0 Å². The van der Waals surface area contributed by atoms with Gasteiger partial charge >= 0.3 is 6.03 Å². The van der Waals surface area contributed by atoms with Gasteiger partial charge in [-0.05, 0) is 55.7 Å². The van der Waals surface area contributed by atoms with E-state index in [1.807, 2.05) is 0 Å². The number of anilines is 1. The van der Waals surface area contributed by atoms with Gasteiger partial charge in [0.1, 0.15) is 11.6 Å². The first-order chi connectivity index (χ1) is 15.2. The molecule has 2 aromatic carbocycles. The van der Waals surface area contributed by atoms with E-state index in [1.165, 1.54) is 29.2 Å². The van der Waals surface area contributed by atoms with E-state index in [1.54, 1.807) is 0 Å². The number of likely N-dealkylation sites (tertiary alicyclic amines) is 1. The van der Waals surface area contributed by atoms with Crippen LogP contribution in [0, 0.1) is 11.6 Å². The summed E-state index contributed by atoms with van der Waals surface area (Å²) in [5.74, 6) is -1.68. The van der Waals surface area contributed by atoms with Gasteiger partial charge in [-0.15, -0.1) is 0 Å². The van der Waals surface area contributed by atoms with E-state index in [0.29, 0.717) is 30.8 Å². The minimum absolute atomic E-state index is 0.00622. The number of nitrogens with one attached hydrogen (secondary N) is 1. The van der Waals surface area contributed by atoms with Gasteiger partial charge in [-0.25, -0.2) is 22.0 Å². The molecule has 0 spiro atoms. The highest BCUT2D eigenvalue weighted by molar-refractivity contribution is 7.92. The number of carbonyl (C=O) groups excluding carboxylic acids is 1. The van der Waals surface area contributed by atoms with E-state index in [0.717, 1.165) is 22.5 Å². The molecular formula is C21H24ClF2N3O4S. The molecule has 2 aromatic rings. The summed E-state index contributed by atoms with van der Waals surface area (Å²) in [6.45, 7) is 0.576. The molecule has 1 aliphatic heterocycles. The van der Waals surface area contributed by atoms with E-state index in [-0.39, 0.29) is 24.6 Å². The molecule has 32 heavy (non-hydrogen) atoms.